The van der Waals surface area contributed by atoms with Gasteiger partial charge in [-0.05, 0) is 91.5 Å². The molecule has 66 heavy (non-hydrogen) atoms. The summed E-state index contributed by atoms with van der Waals surface area (Å²) in [5, 5.41) is 11.3. The van der Waals surface area contributed by atoms with Crippen LogP contribution in [0.4, 0.5) is 25.4 Å². The molecule has 17 nitrogen and oxygen atoms in total. The summed E-state index contributed by atoms with van der Waals surface area (Å²) in [7, 11) is 5.70. The molecule has 0 spiro atoms. The van der Waals surface area contributed by atoms with Gasteiger partial charge in [-0.2, -0.15) is 0 Å². The maximum Gasteiger partial charge on any atom is 0.407 e. The number of halogens is 1. The Bertz CT molecular complexity index is 2130. The molecule has 18 heteroatoms. The van der Waals surface area contributed by atoms with Gasteiger partial charge >= 0.3 is 12.2 Å². The summed E-state index contributed by atoms with van der Waals surface area (Å²) in [5.74, 6) is -2.16. The lowest BCUT2D eigenvalue weighted by molar-refractivity contribution is -0.140. The quantitative estimate of drug-likeness (QED) is 0.191. The lowest BCUT2D eigenvalue weighted by atomic mass is 9.93. The van der Waals surface area contributed by atoms with Gasteiger partial charge in [0.2, 0.25) is 23.6 Å². The summed E-state index contributed by atoms with van der Waals surface area (Å²) in [5.41, 5.74) is 2.97. The minimum atomic E-state index is -0.856. The molecular formula is C48H64FN7O10. The molecule has 358 valence electrons. The predicted octanol–water partition coefficient (Wildman–Crippen LogP) is 4.84. The average molecular weight is 918 g/mol. The first kappa shape index (κ1) is 49.4. The topological polar surface area (TPSA) is 197 Å². The van der Waals surface area contributed by atoms with Crippen LogP contribution in [0.3, 0.4) is 0 Å². The molecule has 4 aliphatic rings. The number of alkyl carbamates (subject to hydrolysis) is 2. The molecule has 1 aliphatic carbocycles. The molecule has 0 bridgehead atoms. The van der Waals surface area contributed by atoms with Gasteiger partial charge < -0.3 is 54.9 Å². The number of likely N-dealkylation sites (tertiary alicyclic amines) is 2. The number of methoxy groups -OCH3 is 4. The van der Waals surface area contributed by atoms with Crippen LogP contribution in [-0.2, 0) is 38.1 Å². The second kappa shape index (κ2) is 22.0. The number of carbonyl (C=O) groups excluding carboxylic acids is 6. The van der Waals surface area contributed by atoms with Crippen LogP contribution in [0.2, 0.25) is 0 Å². The fourth-order valence-electron chi connectivity index (χ4n) is 9.60. The van der Waals surface area contributed by atoms with E-state index in [0.29, 0.717) is 50.9 Å². The SMILES string of the molecule is COC(=O)N[C@H](C(=O)N1CCC[C@H]1C(=O)Nc1ccc([C@H]2[C@@H](OC)[C@H](OC)[C@H](C3=CCC(NC(=O)[C@@H]4CCCN4C(=O)[C@@H](NC(=O)OC)C(C)C)C=C3)N2c2ccc(F)cc2)cc1)C(C)C. The molecule has 6 amide bonds. The lowest BCUT2D eigenvalue weighted by Crippen LogP contribution is -2.56. The number of rotatable bonds is 15. The van der Waals surface area contributed by atoms with Crippen molar-refractivity contribution < 1.29 is 52.1 Å². The zero-order chi connectivity index (χ0) is 47.8. The average Bonchev–Trinajstić information content (AvgIpc) is 4.08. The van der Waals surface area contributed by atoms with Crippen molar-refractivity contribution in [3.05, 3.63) is 83.7 Å². The maximum absolute atomic E-state index is 14.4. The molecular weight excluding hydrogens is 854 g/mol. The van der Waals surface area contributed by atoms with Gasteiger partial charge in [-0.15, -0.1) is 0 Å². The lowest BCUT2D eigenvalue weighted by Gasteiger charge is -2.35. The van der Waals surface area contributed by atoms with Crippen LogP contribution >= 0.6 is 0 Å². The smallest absolute Gasteiger partial charge is 0.407 e. The maximum atomic E-state index is 14.4. The van der Waals surface area contributed by atoms with Crippen molar-refractivity contribution in [2.45, 2.75) is 114 Å². The van der Waals surface area contributed by atoms with Gasteiger partial charge in [-0.1, -0.05) is 58.1 Å². The Morgan fingerprint density at radius 1 is 0.682 bits per heavy atom. The second-order valence-electron chi connectivity index (χ2n) is 17.8. The van der Waals surface area contributed by atoms with E-state index in [9.17, 15) is 33.2 Å². The molecule has 1 unspecified atom stereocenters. The summed E-state index contributed by atoms with van der Waals surface area (Å²) in [6, 6.07) is 9.25. The number of hydrogen-bond donors (Lipinski definition) is 4. The zero-order valence-electron chi connectivity index (χ0n) is 39.0. The van der Waals surface area contributed by atoms with Crippen LogP contribution in [-0.4, -0.2) is 136 Å². The Morgan fingerprint density at radius 2 is 1.20 bits per heavy atom. The number of amides is 6. The fraction of sp³-hybridized carbons (Fsp3) is 0.542. The molecule has 3 aliphatic heterocycles. The monoisotopic (exact) mass is 917 g/mol. The van der Waals surface area contributed by atoms with E-state index in [1.165, 1.54) is 31.3 Å². The van der Waals surface area contributed by atoms with E-state index in [2.05, 4.69) is 26.2 Å². The number of nitrogens with zero attached hydrogens (tertiary/aromatic N) is 3. The highest BCUT2D eigenvalue weighted by Crippen LogP contribution is 2.46. The first-order valence-electron chi connectivity index (χ1n) is 22.6. The Kier molecular flexibility index (Phi) is 16.5. The van der Waals surface area contributed by atoms with Gasteiger partial charge in [-0.25, -0.2) is 14.0 Å². The van der Waals surface area contributed by atoms with Crippen molar-refractivity contribution in [2.75, 3.05) is 51.7 Å². The first-order valence-corrected chi connectivity index (χ1v) is 22.6. The van der Waals surface area contributed by atoms with Gasteiger partial charge in [0.05, 0.1) is 32.3 Å². The summed E-state index contributed by atoms with van der Waals surface area (Å²) in [4.78, 5) is 83.9. The van der Waals surface area contributed by atoms with Crippen LogP contribution in [0.15, 0.2) is 72.3 Å². The van der Waals surface area contributed by atoms with Crippen LogP contribution in [0.1, 0.15) is 71.4 Å². The van der Waals surface area contributed by atoms with Gasteiger partial charge in [0.25, 0.3) is 0 Å². The predicted molar refractivity (Wildman–Crippen MR) is 244 cm³/mol. The number of benzene rings is 2. The van der Waals surface area contributed by atoms with Gasteiger partial charge in [-0.3, -0.25) is 19.2 Å². The van der Waals surface area contributed by atoms with E-state index in [4.69, 9.17) is 18.9 Å². The molecule has 0 radical (unpaired) electrons. The van der Waals surface area contributed by atoms with E-state index in [1.54, 1.807) is 43.4 Å². The highest BCUT2D eigenvalue weighted by Gasteiger charge is 2.52. The first-order chi connectivity index (χ1) is 31.6. The van der Waals surface area contributed by atoms with Crippen LogP contribution in [0.5, 0.6) is 0 Å². The highest BCUT2D eigenvalue weighted by atomic mass is 19.1. The molecule has 4 N–H and O–H groups in total. The summed E-state index contributed by atoms with van der Waals surface area (Å²) in [6.45, 7) is 8.04. The third kappa shape index (κ3) is 10.8. The van der Waals surface area contributed by atoms with E-state index in [0.717, 1.165) is 16.8 Å². The molecule has 9 atom stereocenters. The molecule has 3 heterocycles. The molecule has 6 rings (SSSR count). The van der Waals surface area contributed by atoms with Crippen LogP contribution in [0.25, 0.3) is 0 Å². The van der Waals surface area contributed by atoms with E-state index in [-0.39, 0.29) is 41.5 Å². The number of anilines is 2. The number of hydrogen-bond acceptors (Lipinski definition) is 11. The van der Waals surface area contributed by atoms with E-state index < -0.39 is 66.5 Å². The second-order valence-corrected chi connectivity index (χ2v) is 17.8. The molecule has 2 aromatic carbocycles. The molecule has 2 aromatic rings. The van der Waals surface area contributed by atoms with Crippen molar-refractivity contribution in [1.82, 2.24) is 25.8 Å². The Balaban J connectivity index is 1.19. The number of ether oxygens (including phenoxy) is 4. The van der Waals surface area contributed by atoms with Crippen LogP contribution < -0.4 is 26.2 Å². The van der Waals surface area contributed by atoms with E-state index >= 15 is 0 Å². The van der Waals surface area contributed by atoms with Gasteiger partial charge in [0.1, 0.15) is 42.2 Å². The number of nitrogens with one attached hydrogen (secondary N) is 4. The van der Waals surface area contributed by atoms with Crippen molar-refractivity contribution in [2.24, 2.45) is 11.8 Å². The summed E-state index contributed by atoms with van der Waals surface area (Å²) in [6.07, 6.45) is 6.14. The standard InChI is InChI=1S/C48H64FN7O10/c1-27(2)37(52-47(61)65-7)45(59)54-25-9-11-35(54)43(57)50-32-19-13-29(14-20-32)39-41(63-5)42(64-6)40(56(39)34-23-17-31(49)18-24-34)30-15-21-33(22-16-30)51-44(58)36-12-10-26-55(36)46(60)38(28(3)4)53-48(62)66-8/h13-21,23-24,27-28,33,35-42H,9-12,22,25-26H2,1-8H3,(H,50,57)(H,51,58)(H,52,61)(H,53,62)/t33?,35-,36-,37-,38-,39-,40-,41+,42+/m0/s1. The minimum Gasteiger partial charge on any atom is -0.453 e. The van der Waals surface area contributed by atoms with Crippen molar-refractivity contribution >= 4 is 47.2 Å². The summed E-state index contributed by atoms with van der Waals surface area (Å²) < 4.78 is 36.3. The largest absolute Gasteiger partial charge is 0.453 e. The molecule has 0 saturated carbocycles. The zero-order valence-corrected chi connectivity index (χ0v) is 39.0. The minimum absolute atomic E-state index is 0.229. The molecule has 3 saturated heterocycles. The molecule has 3 fully saturated rings. The van der Waals surface area contributed by atoms with E-state index in [1.807, 2.05) is 58.1 Å². The Hall–Kier alpha value is -6.01. The van der Waals surface area contributed by atoms with Crippen molar-refractivity contribution in [3.63, 3.8) is 0 Å². The fourth-order valence-corrected chi connectivity index (χ4v) is 9.60. The Labute approximate surface area is 385 Å². The molecule has 0 aromatic heterocycles. The Morgan fingerprint density at radius 3 is 1.67 bits per heavy atom. The van der Waals surface area contributed by atoms with Crippen LogP contribution in [0, 0.1) is 17.7 Å². The van der Waals surface area contributed by atoms with Crippen molar-refractivity contribution in [1.29, 1.82) is 0 Å². The highest BCUT2D eigenvalue weighted by molar-refractivity contribution is 5.99. The third-order valence-corrected chi connectivity index (χ3v) is 13.0. The summed E-state index contributed by atoms with van der Waals surface area (Å²) >= 11 is 0. The normalized spacial score (nSPS) is 24.7. The van der Waals surface area contributed by atoms with Gasteiger partial charge in [0.15, 0.2) is 0 Å². The van der Waals surface area contributed by atoms with Gasteiger partial charge in [0, 0.05) is 38.7 Å². The third-order valence-electron chi connectivity index (χ3n) is 13.0. The van der Waals surface area contributed by atoms with Crippen molar-refractivity contribution in [3.8, 4) is 0 Å². The number of carbonyl (C=O) groups is 6.